The van der Waals surface area contributed by atoms with Gasteiger partial charge in [-0.15, -0.1) is 0 Å². The Balaban J connectivity index is 1.55. The topological polar surface area (TPSA) is 77.3 Å². The molecule has 3 rings (SSSR count). The maximum absolute atomic E-state index is 12.8. The van der Waals surface area contributed by atoms with Crippen LogP contribution < -0.4 is 4.90 Å². The second-order valence-corrected chi connectivity index (χ2v) is 8.76. The van der Waals surface area contributed by atoms with Crippen LogP contribution in [-0.4, -0.2) is 57.2 Å². The molecule has 3 heterocycles. The molecule has 0 bridgehead atoms. The Kier molecular flexibility index (Phi) is 5.69. The van der Waals surface area contributed by atoms with Crippen molar-refractivity contribution in [3.8, 4) is 6.07 Å². The van der Waals surface area contributed by atoms with Crippen LogP contribution in [0.2, 0.25) is 0 Å². The summed E-state index contributed by atoms with van der Waals surface area (Å²) in [5.41, 5.74) is 0.557. The van der Waals surface area contributed by atoms with Crippen molar-refractivity contribution in [1.29, 1.82) is 5.26 Å². The van der Waals surface area contributed by atoms with Crippen molar-refractivity contribution in [3.63, 3.8) is 0 Å². The number of amides is 1. The van der Waals surface area contributed by atoms with E-state index in [1.54, 1.807) is 12.3 Å². The van der Waals surface area contributed by atoms with E-state index in [2.05, 4.69) is 16.0 Å². The molecular formula is C18H24N4O2S. The van der Waals surface area contributed by atoms with E-state index in [1.807, 2.05) is 17.9 Å². The molecule has 2 fully saturated rings. The summed E-state index contributed by atoms with van der Waals surface area (Å²) in [6.45, 7) is 4.94. The van der Waals surface area contributed by atoms with Crippen LogP contribution in [0.15, 0.2) is 18.3 Å². The maximum Gasteiger partial charge on any atom is 0.225 e. The highest BCUT2D eigenvalue weighted by Gasteiger charge is 2.30. The number of aromatic nitrogens is 1. The Bertz CT molecular complexity index is 677. The summed E-state index contributed by atoms with van der Waals surface area (Å²) in [5.74, 6) is 1.74. The highest BCUT2D eigenvalue weighted by molar-refractivity contribution is 7.85. The van der Waals surface area contributed by atoms with E-state index in [0.29, 0.717) is 17.9 Å². The minimum atomic E-state index is -0.811. The van der Waals surface area contributed by atoms with Gasteiger partial charge < -0.3 is 9.80 Å². The predicted molar refractivity (Wildman–Crippen MR) is 97.6 cm³/mol. The molecule has 6 nitrogen and oxygen atoms in total. The van der Waals surface area contributed by atoms with Gasteiger partial charge >= 0.3 is 0 Å². The molecule has 7 heteroatoms. The molecule has 2 aliphatic heterocycles. The molecule has 0 aliphatic carbocycles. The molecular weight excluding hydrogens is 336 g/mol. The highest BCUT2D eigenvalue weighted by Crippen LogP contribution is 2.24. The summed E-state index contributed by atoms with van der Waals surface area (Å²) in [6, 6.07) is 5.72. The van der Waals surface area contributed by atoms with Crippen molar-refractivity contribution in [3.05, 3.63) is 23.9 Å². The third kappa shape index (κ3) is 4.18. The normalized spacial score (nSPS) is 25.3. The number of nitrogens with zero attached hydrogens (tertiary/aromatic N) is 4. The first-order valence-electron chi connectivity index (χ1n) is 8.85. The molecule has 0 aromatic carbocycles. The number of carbonyl (C=O) groups excluding carboxylic acids is 1. The Labute approximate surface area is 151 Å². The minimum Gasteiger partial charge on any atom is -0.357 e. The quantitative estimate of drug-likeness (QED) is 0.799. The van der Waals surface area contributed by atoms with Crippen molar-refractivity contribution in [2.45, 2.75) is 31.4 Å². The van der Waals surface area contributed by atoms with E-state index >= 15 is 0 Å². The number of carbonyl (C=O) groups is 1. The zero-order valence-electron chi connectivity index (χ0n) is 14.6. The Morgan fingerprint density at radius 3 is 2.64 bits per heavy atom. The maximum atomic E-state index is 12.8. The molecule has 1 amide bonds. The van der Waals surface area contributed by atoms with Gasteiger partial charge in [0.25, 0.3) is 0 Å². The second kappa shape index (κ2) is 7.96. The first-order chi connectivity index (χ1) is 12.1. The second-order valence-electron chi connectivity index (χ2n) is 6.79. The average molecular weight is 360 g/mol. The molecule has 1 aromatic heterocycles. The van der Waals surface area contributed by atoms with Crippen LogP contribution in [-0.2, 0) is 15.6 Å². The van der Waals surface area contributed by atoms with Gasteiger partial charge in [0.1, 0.15) is 11.9 Å². The molecule has 134 valence electrons. The van der Waals surface area contributed by atoms with Gasteiger partial charge in [0.05, 0.1) is 5.56 Å². The van der Waals surface area contributed by atoms with Crippen LogP contribution >= 0.6 is 0 Å². The van der Waals surface area contributed by atoms with E-state index in [9.17, 15) is 9.00 Å². The fourth-order valence-electron chi connectivity index (χ4n) is 3.46. The number of hydrogen-bond donors (Lipinski definition) is 0. The SMILES string of the molecule is CC1CCN(C(=O)C2CCN(c3ccc(C#N)cn3)CC2)CCS1=O. The Morgan fingerprint density at radius 2 is 2.00 bits per heavy atom. The average Bonchev–Trinajstić information content (AvgIpc) is 2.83. The van der Waals surface area contributed by atoms with Crippen LogP contribution in [0.5, 0.6) is 0 Å². The van der Waals surface area contributed by atoms with E-state index in [4.69, 9.17) is 5.26 Å². The predicted octanol–water partition coefficient (Wildman–Crippen LogP) is 1.54. The summed E-state index contributed by atoms with van der Waals surface area (Å²) in [4.78, 5) is 21.2. The summed E-state index contributed by atoms with van der Waals surface area (Å²) in [5, 5.41) is 9.03. The molecule has 0 spiro atoms. The lowest BCUT2D eigenvalue weighted by molar-refractivity contribution is -0.135. The molecule has 0 saturated carbocycles. The van der Waals surface area contributed by atoms with Gasteiger partial charge in [0, 0.05) is 60.1 Å². The summed E-state index contributed by atoms with van der Waals surface area (Å²) < 4.78 is 11.9. The number of anilines is 1. The van der Waals surface area contributed by atoms with Gasteiger partial charge in [-0.3, -0.25) is 9.00 Å². The molecule has 25 heavy (non-hydrogen) atoms. The lowest BCUT2D eigenvalue weighted by Gasteiger charge is -2.34. The van der Waals surface area contributed by atoms with Crippen molar-refractivity contribution >= 4 is 22.5 Å². The number of nitriles is 1. The molecule has 1 aromatic rings. The van der Waals surface area contributed by atoms with E-state index in [-0.39, 0.29) is 17.1 Å². The van der Waals surface area contributed by atoms with Crippen molar-refractivity contribution in [2.75, 3.05) is 36.8 Å². The van der Waals surface area contributed by atoms with Gasteiger partial charge in [0.15, 0.2) is 0 Å². The zero-order chi connectivity index (χ0) is 17.8. The standard InChI is InChI=1S/C18H24N4O2S/c1-14-4-7-22(10-11-25(14)24)18(23)16-5-8-21(9-6-16)17-3-2-15(12-19)13-20-17/h2-3,13-14,16H,4-11H2,1H3. The number of rotatable bonds is 2. The van der Waals surface area contributed by atoms with Crippen LogP contribution in [0, 0.1) is 17.2 Å². The Morgan fingerprint density at radius 1 is 1.24 bits per heavy atom. The number of pyridine rings is 1. The van der Waals surface area contributed by atoms with Crippen molar-refractivity contribution < 1.29 is 9.00 Å². The molecule has 0 N–H and O–H groups in total. The van der Waals surface area contributed by atoms with Crippen LogP contribution in [0.1, 0.15) is 31.7 Å². The van der Waals surface area contributed by atoms with Gasteiger partial charge in [-0.05, 0) is 31.4 Å². The Hall–Kier alpha value is -1.94. The monoisotopic (exact) mass is 360 g/mol. The molecule has 2 saturated heterocycles. The molecule has 2 atom stereocenters. The van der Waals surface area contributed by atoms with Gasteiger partial charge in [-0.2, -0.15) is 5.26 Å². The zero-order valence-corrected chi connectivity index (χ0v) is 15.4. The number of piperidine rings is 1. The first-order valence-corrected chi connectivity index (χ1v) is 10.2. The molecule has 0 radical (unpaired) electrons. The van der Waals surface area contributed by atoms with Crippen molar-refractivity contribution in [2.24, 2.45) is 5.92 Å². The third-order valence-electron chi connectivity index (χ3n) is 5.17. The molecule has 2 aliphatic rings. The van der Waals surface area contributed by atoms with Crippen LogP contribution in [0.3, 0.4) is 0 Å². The van der Waals surface area contributed by atoms with Gasteiger partial charge in [0.2, 0.25) is 5.91 Å². The minimum absolute atomic E-state index is 0.0523. The summed E-state index contributed by atoms with van der Waals surface area (Å²) >= 11 is 0. The van der Waals surface area contributed by atoms with Gasteiger partial charge in [-0.1, -0.05) is 6.92 Å². The lowest BCUT2D eigenvalue weighted by atomic mass is 9.95. The van der Waals surface area contributed by atoms with Gasteiger partial charge in [-0.25, -0.2) is 4.98 Å². The van der Waals surface area contributed by atoms with E-state index in [0.717, 1.165) is 44.7 Å². The van der Waals surface area contributed by atoms with Crippen molar-refractivity contribution in [1.82, 2.24) is 9.88 Å². The van der Waals surface area contributed by atoms with E-state index < -0.39 is 10.8 Å². The van der Waals surface area contributed by atoms with Crippen LogP contribution in [0.4, 0.5) is 5.82 Å². The highest BCUT2D eigenvalue weighted by atomic mass is 32.2. The fourth-order valence-corrected chi connectivity index (χ4v) is 4.63. The smallest absolute Gasteiger partial charge is 0.225 e. The van der Waals surface area contributed by atoms with E-state index in [1.165, 1.54) is 0 Å². The largest absolute Gasteiger partial charge is 0.357 e. The van der Waals surface area contributed by atoms with Crippen LogP contribution in [0.25, 0.3) is 0 Å². The summed E-state index contributed by atoms with van der Waals surface area (Å²) in [7, 11) is -0.811. The molecule has 2 unspecified atom stereocenters. The fraction of sp³-hybridized carbons (Fsp3) is 0.611. The lowest BCUT2D eigenvalue weighted by Crippen LogP contribution is -2.43. The summed E-state index contributed by atoms with van der Waals surface area (Å²) in [6.07, 6.45) is 4.04. The third-order valence-corrected chi connectivity index (χ3v) is 6.89. The number of hydrogen-bond acceptors (Lipinski definition) is 5. The first kappa shape index (κ1) is 17.9.